The molecular formula is C12H13FN4O. The third-order valence-corrected chi connectivity index (χ3v) is 2.44. The molecule has 18 heavy (non-hydrogen) atoms. The molecule has 5 nitrogen and oxygen atoms in total. The number of nitrogen functional groups attached to an aromatic ring is 1. The summed E-state index contributed by atoms with van der Waals surface area (Å²) in [6, 6.07) is 3.91. The molecule has 0 spiro atoms. The number of rotatable bonds is 4. The lowest BCUT2D eigenvalue weighted by atomic mass is 10.1. The predicted octanol–water partition coefficient (Wildman–Crippen LogP) is 1.10. The van der Waals surface area contributed by atoms with E-state index in [4.69, 9.17) is 5.73 Å². The zero-order valence-corrected chi connectivity index (χ0v) is 9.61. The van der Waals surface area contributed by atoms with E-state index in [9.17, 15) is 9.18 Å². The van der Waals surface area contributed by atoms with Crippen molar-refractivity contribution in [2.45, 2.75) is 6.42 Å². The van der Waals surface area contributed by atoms with Gasteiger partial charge in [-0.3, -0.25) is 4.79 Å². The Morgan fingerprint density at radius 2 is 2.33 bits per heavy atom. The fraction of sp³-hybridized carbons (Fsp3) is 0.167. The minimum atomic E-state index is -0.584. The fourth-order valence-corrected chi connectivity index (χ4v) is 1.54. The fourth-order valence-electron chi connectivity index (χ4n) is 1.54. The van der Waals surface area contributed by atoms with E-state index in [0.29, 0.717) is 18.7 Å². The summed E-state index contributed by atoms with van der Waals surface area (Å²) in [5.74, 6) is -0.297. The number of hydrogen-bond acceptors (Lipinski definition) is 3. The number of carbonyl (C=O) groups is 1. The zero-order valence-electron chi connectivity index (χ0n) is 9.61. The third-order valence-electron chi connectivity index (χ3n) is 2.44. The highest BCUT2D eigenvalue weighted by molar-refractivity contribution is 5.95. The van der Waals surface area contributed by atoms with Gasteiger partial charge in [0.15, 0.2) is 0 Å². The number of aromatic amines is 1. The Morgan fingerprint density at radius 1 is 1.50 bits per heavy atom. The average molecular weight is 248 g/mol. The maximum Gasteiger partial charge on any atom is 0.254 e. The first-order valence-corrected chi connectivity index (χ1v) is 5.48. The quantitative estimate of drug-likeness (QED) is 0.708. The number of amides is 1. The van der Waals surface area contributed by atoms with Crippen molar-refractivity contribution < 1.29 is 9.18 Å². The van der Waals surface area contributed by atoms with E-state index in [2.05, 4.69) is 15.3 Å². The second-order valence-corrected chi connectivity index (χ2v) is 3.78. The lowest BCUT2D eigenvalue weighted by Crippen LogP contribution is -2.26. The molecule has 0 saturated heterocycles. The molecule has 1 aromatic carbocycles. The number of H-pyrrole nitrogens is 1. The van der Waals surface area contributed by atoms with Gasteiger partial charge in [0.05, 0.1) is 5.56 Å². The molecule has 0 bridgehead atoms. The van der Waals surface area contributed by atoms with Gasteiger partial charge in [-0.25, -0.2) is 9.37 Å². The summed E-state index contributed by atoms with van der Waals surface area (Å²) >= 11 is 0. The minimum Gasteiger partial charge on any atom is -0.399 e. The number of imidazole rings is 1. The van der Waals surface area contributed by atoms with E-state index in [1.165, 1.54) is 18.2 Å². The van der Waals surface area contributed by atoms with Crippen LogP contribution in [0.15, 0.2) is 30.6 Å². The summed E-state index contributed by atoms with van der Waals surface area (Å²) in [6.45, 7) is 0.376. The third kappa shape index (κ3) is 2.85. The van der Waals surface area contributed by atoms with Crippen molar-refractivity contribution in [3.05, 3.63) is 47.8 Å². The largest absolute Gasteiger partial charge is 0.399 e. The van der Waals surface area contributed by atoms with Crippen molar-refractivity contribution in [2.24, 2.45) is 0 Å². The number of nitrogens with one attached hydrogen (secondary N) is 2. The van der Waals surface area contributed by atoms with Crippen molar-refractivity contribution in [1.82, 2.24) is 15.3 Å². The standard InChI is InChI=1S/C12H13FN4O/c13-10-2-1-8(14)7-9(10)12(18)17-4-3-11-15-5-6-16-11/h1-2,5-7H,3-4,14H2,(H,15,16)(H,17,18). The monoisotopic (exact) mass is 248 g/mol. The van der Waals surface area contributed by atoms with E-state index in [0.717, 1.165) is 5.82 Å². The van der Waals surface area contributed by atoms with Crippen LogP contribution >= 0.6 is 0 Å². The van der Waals surface area contributed by atoms with E-state index in [-0.39, 0.29) is 5.56 Å². The van der Waals surface area contributed by atoms with Gasteiger partial charge >= 0.3 is 0 Å². The molecule has 0 aliphatic rings. The Balaban J connectivity index is 1.93. The number of benzene rings is 1. The van der Waals surface area contributed by atoms with Gasteiger partial charge in [-0.2, -0.15) is 0 Å². The first-order valence-electron chi connectivity index (χ1n) is 5.48. The Morgan fingerprint density at radius 3 is 3.06 bits per heavy atom. The summed E-state index contributed by atoms with van der Waals surface area (Å²) in [5.41, 5.74) is 5.82. The summed E-state index contributed by atoms with van der Waals surface area (Å²) in [4.78, 5) is 18.6. The van der Waals surface area contributed by atoms with Crippen molar-refractivity contribution >= 4 is 11.6 Å². The first kappa shape index (κ1) is 12.1. The molecule has 0 aliphatic carbocycles. The normalized spacial score (nSPS) is 10.3. The van der Waals surface area contributed by atoms with Crippen LogP contribution in [0.25, 0.3) is 0 Å². The topological polar surface area (TPSA) is 83.8 Å². The van der Waals surface area contributed by atoms with Crippen molar-refractivity contribution in [3.8, 4) is 0 Å². The van der Waals surface area contributed by atoms with Gasteiger partial charge in [0.1, 0.15) is 11.6 Å². The highest BCUT2D eigenvalue weighted by Gasteiger charge is 2.11. The Kier molecular flexibility index (Phi) is 3.57. The number of halogens is 1. The number of carbonyl (C=O) groups excluding carboxylic acids is 1. The number of anilines is 1. The van der Waals surface area contributed by atoms with Crippen LogP contribution in [0.1, 0.15) is 16.2 Å². The molecular weight excluding hydrogens is 235 g/mol. The first-order chi connectivity index (χ1) is 8.66. The molecule has 0 saturated carbocycles. The van der Waals surface area contributed by atoms with Crippen molar-refractivity contribution in [1.29, 1.82) is 0 Å². The van der Waals surface area contributed by atoms with Crippen LogP contribution in [-0.4, -0.2) is 22.4 Å². The van der Waals surface area contributed by atoms with Crippen LogP contribution in [0.2, 0.25) is 0 Å². The Hall–Kier alpha value is -2.37. The van der Waals surface area contributed by atoms with Crippen molar-refractivity contribution in [3.63, 3.8) is 0 Å². The van der Waals surface area contributed by atoms with E-state index < -0.39 is 11.7 Å². The van der Waals surface area contributed by atoms with Crippen LogP contribution in [0.3, 0.4) is 0 Å². The smallest absolute Gasteiger partial charge is 0.254 e. The second kappa shape index (κ2) is 5.31. The molecule has 94 valence electrons. The van der Waals surface area contributed by atoms with Gasteiger partial charge in [-0.05, 0) is 18.2 Å². The molecule has 6 heteroatoms. The van der Waals surface area contributed by atoms with Crippen LogP contribution in [-0.2, 0) is 6.42 Å². The Labute approximate surface area is 103 Å². The number of nitrogens with zero attached hydrogens (tertiary/aromatic N) is 1. The van der Waals surface area contributed by atoms with Crippen LogP contribution < -0.4 is 11.1 Å². The number of hydrogen-bond donors (Lipinski definition) is 3. The van der Waals surface area contributed by atoms with E-state index in [1.54, 1.807) is 12.4 Å². The van der Waals surface area contributed by atoms with E-state index in [1.807, 2.05) is 0 Å². The summed E-state index contributed by atoms with van der Waals surface area (Å²) < 4.78 is 13.4. The number of aromatic nitrogens is 2. The number of nitrogens with two attached hydrogens (primary N) is 1. The zero-order chi connectivity index (χ0) is 13.0. The molecule has 0 radical (unpaired) electrons. The average Bonchev–Trinajstić information content (AvgIpc) is 2.85. The SMILES string of the molecule is Nc1ccc(F)c(C(=O)NCCc2ncc[nH]2)c1. The van der Waals surface area contributed by atoms with E-state index >= 15 is 0 Å². The second-order valence-electron chi connectivity index (χ2n) is 3.78. The minimum absolute atomic E-state index is 0.0468. The van der Waals surface area contributed by atoms with Crippen LogP contribution in [0, 0.1) is 5.82 Å². The molecule has 0 atom stereocenters. The summed E-state index contributed by atoms with van der Waals surface area (Å²) in [6.07, 6.45) is 3.89. The molecule has 4 N–H and O–H groups in total. The van der Waals surface area contributed by atoms with Gasteiger partial charge in [0.25, 0.3) is 5.91 Å². The van der Waals surface area contributed by atoms with Crippen LogP contribution in [0.4, 0.5) is 10.1 Å². The lowest BCUT2D eigenvalue weighted by molar-refractivity contribution is 0.0950. The Bertz CT molecular complexity index is 539. The van der Waals surface area contributed by atoms with Gasteiger partial charge < -0.3 is 16.0 Å². The molecule has 1 heterocycles. The highest BCUT2D eigenvalue weighted by Crippen LogP contribution is 2.11. The maximum atomic E-state index is 13.4. The van der Waals surface area contributed by atoms with Gasteiger partial charge in [0, 0.05) is 31.0 Å². The molecule has 2 rings (SSSR count). The molecule has 0 aliphatic heterocycles. The molecule has 1 amide bonds. The highest BCUT2D eigenvalue weighted by atomic mass is 19.1. The molecule has 1 aromatic heterocycles. The van der Waals surface area contributed by atoms with Gasteiger partial charge in [0.2, 0.25) is 0 Å². The molecule has 0 fully saturated rings. The predicted molar refractivity (Wildman–Crippen MR) is 65.4 cm³/mol. The maximum absolute atomic E-state index is 13.4. The summed E-state index contributed by atoms with van der Waals surface area (Å²) in [5, 5.41) is 2.61. The van der Waals surface area contributed by atoms with Gasteiger partial charge in [-0.15, -0.1) is 0 Å². The molecule has 0 unspecified atom stereocenters. The van der Waals surface area contributed by atoms with Gasteiger partial charge in [-0.1, -0.05) is 0 Å². The molecule has 2 aromatic rings. The van der Waals surface area contributed by atoms with Crippen LogP contribution in [0.5, 0.6) is 0 Å². The summed E-state index contributed by atoms with van der Waals surface area (Å²) in [7, 11) is 0. The van der Waals surface area contributed by atoms with Crippen molar-refractivity contribution in [2.75, 3.05) is 12.3 Å². The lowest BCUT2D eigenvalue weighted by Gasteiger charge is -2.06.